The third-order valence-corrected chi connectivity index (χ3v) is 3.00. The van der Waals surface area contributed by atoms with Crippen molar-refractivity contribution in [2.45, 2.75) is 6.42 Å². The second-order valence-corrected chi connectivity index (χ2v) is 4.66. The molecule has 18 heavy (non-hydrogen) atoms. The number of amides is 1. The van der Waals surface area contributed by atoms with E-state index in [1.165, 1.54) is 22.0 Å². The van der Waals surface area contributed by atoms with Crippen molar-refractivity contribution in [2.24, 2.45) is 7.05 Å². The molecule has 7 heteroatoms. The van der Waals surface area contributed by atoms with Crippen molar-refractivity contribution >= 4 is 28.1 Å². The Hall–Kier alpha value is -2.15. The van der Waals surface area contributed by atoms with Gasteiger partial charge in [-0.3, -0.25) is 9.59 Å². The maximum Gasteiger partial charge on any atom is 0.250 e. The first-order valence-electron chi connectivity index (χ1n) is 5.21. The van der Waals surface area contributed by atoms with Gasteiger partial charge in [0.15, 0.2) is 5.13 Å². The predicted molar refractivity (Wildman–Crippen MR) is 70.5 cm³/mol. The molecule has 0 saturated heterocycles. The van der Waals surface area contributed by atoms with E-state index in [-0.39, 0.29) is 17.9 Å². The van der Waals surface area contributed by atoms with Gasteiger partial charge < -0.3 is 15.6 Å². The maximum absolute atomic E-state index is 11.7. The van der Waals surface area contributed by atoms with Gasteiger partial charge in [-0.05, 0) is 6.07 Å². The van der Waals surface area contributed by atoms with Crippen molar-refractivity contribution in [2.75, 3.05) is 11.1 Å². The second kappa shape index (κ2) is 5.01. The fourth-order valence-electron chi connectivity index (χ4n) is 1.44. The number of thiazole rings is 1. The highest BCUT2D eigenvalue weighted by molar-refractivity contribution is 7.13. The minimum absolute atomic E-state index is 0.125. The van der Waals surface area contributed by atoms with Crippen molar-refractivity contribution in [3.05, 3.63) is 39.8 Å². The summed E-state index contributed by atoms with van der Waals surface area (Å²) in [4.78, 5) is 26.9. The highest BCUT2D eigenvalue weighted by Crippen LogP contribution is 2.12. The number of pyridine rings is 1. The number of anilines is 2. The smallest absolute Gasteiger partial charge is 0.250 e. The van der Waals surface area contributed by atoms with E-state index in [0.717, 1.165) is 0 Å². The molecule has 0 radical (unpaired) electrons. The van der Waals surface area contributed by atoms with E-state index in [1.807, 2.05) is 0 Å². The van der Waals surface area contributed by atoms with E-state index in [1.54, 1.807) is 24.7 Å². The van der Waals surface area contributed by atoms with E-state index < -0.39 is 0 Å². The van der Waals surface area contributed by atoms with Gasteiger partial charge in [-0.15, -0.1) is 11.3 Å². The van der Waals surface area contributed by atoms with Gasteiger partial charge in [-0.2, -0.15) is 0 Å². The Morgan fingerprint density at radius 1 is 1.56 bits per heavy atom. The van der Waals surface area contributed by atoms with Crippen molar-refractivity contribution in [1.82, 2.24) is 9.55 Å². The lowest BCUT2D eigenvalue weighted by atomic mass is 10.3. The molecule has 2 heterocycles. The Labute approximate surface area is 107 Å². The maximum atomic E-state index is 11.7. The summed E-state index contributed by atoms with van der Waals surface area (Å²) in [6, 6.07) is 2.96. The van der Waals surface area contributed by atoms with Crippen LogP contribution in [0.2, 0.25) is 0 Å². The van der Waals surface area contributed by atoms with Crippen molar-refractivity contribution < 1.29 is 4.79 Å². The van der Waals surface area contributed by atoms with Gasteiger partial charge in [0.2, 0.25) is 11.5 Å². The first-order valence-corrected chi connectivity index (χ1v) is 6.09. The van der Waals surface area contributed by atoms with Crippen molar-refractivity contribution in [3.63, 3.8) is 0 Å². The Kier molecular flexibility index (Phi) is 3.42. The number of carbonyl (C=O) groups excluding carboxylic acids is 1. The first-order chi connectivity index (χ1) is 8.54. The van der Waals surface area contributed by atoms with Crippen LogP contribution in [0.25, 0.3) is 0 Å². The van der Waals surface area contributed by atoms with Gasteiger partial charge in [0, 0.05) is 24.7 Å². The molecule has 3 N–H and O–H groups in total. The summed E-state index contributed by atoms with van der Waals surface area (Å²) in [6.07, 6.45) is 1.73. The molecule has 0 aromatic carbocycles. The standard InChI is InChI=1S/C11H12N4O2S/c1-15-5-7(2-3-10(15)17)13-9(16)4-8-6-18-11(12)14-8/h2-3,5-6H,4H2,1H3,(H2,12,14)(H,13,16). The number of nitrogens with two attached hydrogens (primary N) is 1. The lowest BCUT2D eigenvalue weighted by molar-refractivity contribution is -0.115. The van der Waals surface area contributed by atoms with E-state index in [0.29, 0.717) is 16.5 Å². The van der Waals surface area contributed by atoms with Gasteiger partial charge in [0.25, 0.3) is 0 Å². The Balaban J connectivity index is 2.03. The monoisotopic (exact) mass is 264 g/mol. The molecule has 6 nitrogen and oxygen atoms in total. The first kappa shape index (κ1) is 12.3. The molecule has 2 aromatic heterocycles. The molecule has 2 rings (SSSR count). The molecule has 0 bridgehead atoms. The zero-order valence-corrected chi connectivity index (χ0v) is 10.5. The minimum Gasteiger partial charge on any atom is -0.375 e. The zero-order chi connectivity index (χ0) is 13.1. The van der Waals surface area contributed by atoms with Crippen LogP contribution in [0.3, 0.4) is 0 Å². The van der Waals surface area contributed by atoms with Gasteiger partial charge in [-0.1, -0.05) is 0 Å². The highest BCUT2D eigenvalue weighted by Gasteiger charge is 2.07. The average molecular weight is 264 g/mol. The normalized spacial score (nSPS) is 10.3. The van der Waals surface area contributed by atoms with Crippen LogP contribution >= 0.6 is 11.3 Å². The lowest BCUT2D eigenvalue weighted by Crippen LogP contribution is -2.19. The van der Waals surface area contributed by atoms with Crippen LogP contribution in [0.5, 0.6) is 0 Å². The largest absolute Gasteiger partial charge is 0.375 e. The number of nitrogens with one attached hydrogen (secondary N) is 1. The molecular formula is C11H12N4O2S. The Bertz CT molecular complexity index is 632. The molecule has 0 unspecified atom stereocenters. The number of hydrogen-bond acceptors (Lipinski definition) is 5. The van der Waals surface area contributed by atoms with E-state index >= 15 is 0 Å². The summed E-state index contributed by atoms with van der Waals surface area (Å²) in [5.41, 5.74) is 6.57. The molecule has 0 aliphatic carbocycles. The molecule has 0 aliphatic heterocycles. The lowest BCUT2D eigenvalue weighted by Gasteiger charge is -2.05. The number of nitrogen functional groups attached to an aromatic ring is 1. The third kappa shape index (κ3) is 2.95. The Morgan fingerprint density at radius 3 is 2.94 bits per heavy atom. The SMILES string of the molecule is Cn1cc(NC(=O)Cc2csc(N)n2)ccc1=O. The number of rotatable bonds is 3. The van der Waals surface area contributed by atoms with Crippen molar-refractivity contribution in [3.8, 4) is 0 Å². The van der Waals surface area contributed by atoms with E-state index in [2.05, 4.69) is 10.3 Å². The molecule has 2 aromatic rings. The fourth-order valence-corrected chi connectivity index (χ4v) is 2.00. The van der Waals surface area contributed by atoms with Gasteiger partial charge >= 0.3 is 0 Å². The van der Waals surface area contributed by atoms with Crippen LogP contribution in [-0.4, -0.2) is 15.5 Å². The van der Waals surface area contributed by atoms with E-state index in [4.69, 9.17) is 5.73 Å². The minimum atomic E-state index is -0.195. The number of nitrogens with zero attached hydrogens (tertiary/aromatic N) is 2. The number of carbonyl (C=O) groups is 1. The summed E-state index contributed by atoms with van der Waals surface area (Å²) in [7, 11) is 1.62. The molecule has 94 valence electrons. The van der Waals surface area contributed by atoms with Crippen LogP contribution in [0.15, 0.2) is 28.5 Å². The summed E-state index contributed by atoms with van der Waals surface area (Å²) < 4.78 is 1.40. The predicted octanol–water partition coefficient (Wildman–Crippen LogP) is 0.605. The van der Waals surface area contributed by atoms with Crippen LogP contribution < -0.4 is 16.6 Å². The van der Waals surface area contributed by atoms with Crippen molar-refractivity contribution in [1.29, 1.82) is 0 Å². The molecule has 0 saturated carbocycles. The summed E-state index contributed by atoms with van der Waals surface area (Å²) >= 11 is 1.30. The summed E-state index contributed by atoms with van der Waals surface area (Å²) in [5.74, 6) is -0.195. The summed E-state index contributed by atoms with van der Waals surface area (Å²) in [5, 5.41) is 4.88. The average Bonchev–Trinajstić information content (AvgIpc) is 2.69. The van der Waals surface area contributed by atoms with Crippen LogP contribution in [0.4, 0.5) is 10.8 Å². The van der Waals surface area contributed by atoms with Crippen LogP contribution in [0, 0.1) is 0 Å². The molecule has 0 atom stereocenters. The number of hydrogen-bond donors (Lipinski definition) is 2. The molecule has 0 aliphatic rings. The fraction of sp³-hybridized carbons (Fsp3) is 0.182. The molecule has 0 fully saturated rings. The third-order valence-electron chi connectivity index (χ3n) is 2.28. The van der Waals surface area contributed by atoms with Gasteiger partial charge in [0.1, 0.15) is 0 Å². The van der Waals surface area contributed by atoms with E-state index in [9.17, 15) is 9.59 Å². The zero-order valence-electron chi connectivity index (χ0n) is 9.71. The Morgan fingerprint density at radius 2 is 2.33 bits per heavy atom. The second-order valence-electron chi connectivity index (χ2n) is 3.77. The quantitative estimate of drug-likeness (QED) is 0.849. The highest BCUT2D eigenvalue weighted by atomic mass is 32.1. The number of aryl methyl sites for hydroxylation is 1. The van der Waals surface area contributed by atoms with Crippen LogP contribution in [-0.2, 0) is 18.3 Å². The molecule has 0 spiro atoms. The number of aromatic nitrogens is 2. The summed E-state index contributed by atoms with van der Waals surface area (Å²) in [6.45, 7) is 0. The van der Waals surface area contributed by atoms with Crippen LogP contribution in [0.1, 0.15) is 5.69 Å². The molecule has 1 amide bonds. The van der Waals surface area contributed by atoms with Gasteiger partial charge in [0.05, 0.1) is 17.8 Å². The molecular weight excluding hydrogens is 252 g/mol. The van der Waals surface area contributed by atoms with Gasteiger partial charge in [-0.25, -0.2) is 4.98 Å². The topological polar surface area (TPSA) is 90.0 Å².